The van der Waals surface area contributed by atoms with E-state index in [0.717, 1.165) is 11.1 Å². The zero-order valence-corrected chi connectivity index (χ0v) is 11.2. The van der Waals surface area contributed by atoms with E-state index in [4.69, 9.17) is 0 Å². The van der Waals surface area contributed by atoms with Gasteiger partial charge in [0.1, 0.15) is 11.9 Å². The van der Waals surface area contributed by atoms with Crippen molar-refractivity contribution in [2.75, 3.05) is 11.4 Å². The number of rotatable bonds is 2. The molecule has 1 aliphatic rings. The van der Waals surface area contributed by atoms with Crippen LogP contribution < -0.4 is 4.90 Å². The number of fused-ring (bicyclic) bond motifs is 1. The van der Waals surface area contributed by atoms with Crippen molar-refractivity contribution in [1.29, 1.82) is 5.26 Å². The molecule has 0 saturated carbocycles. The molecule has 104 valence electrons. The highest BCUT2D eigenvalue weighted by Crippen LogP contribution is 2.31. The van der Waals surface area contributed by atoms with E-state index in [9.17, 15) is 15.2 Å². The predicted octanol–water partition coefficient (Wildman–Crippen LogP) is 2.14. The van der Waals surface area contributed by atoms with Crippen molar-refractivity contribution in [3.63, 3.8) is 0 Å². The van der Waals surface area contributed by atoms with Crippen LogP contribution in [0.4, 0.5) is 5.82 Å². The molecule has 0 radical (unpaired) electrons. The fourth-order valence-corrected chi connectivity index (χ4v) is 2.72. The number of hydrogen-bond acceptors (Lipinski definition) is 4. The van der Waals surface area contributed by atoms with Gasteiger partial charge in [-0.2, -0.15) is 5.26 Å². The Morgan fingerprint density at radius 3 is 2.90 bits per heavy atom. The lowest BCUT2D eigenvalue weighted by Gasteiger charge is -2.33. The Morgan fingerprint density at radius 2 is 2.14 bits per heavy atom. The molecule has 0 bridgehead atoms. The van der Waals surface area contributed by atoms with Crippen LogP contribution in [-0.4, -0.2) is 22.6 Å². The zero-order valence-electron chi connectivity index (χ0n) is 11.2. The van der Waals surface area contributed by atoms with E-state index < -0.39 is 11.9 Å². The molecule has 5 heteroatoms. The molecule has 2 aromatic rings. The second-order valence-electron chi connectivity index (χ2n) is 4.96. The Bertz CT molecular complexity index is 736. The zero-order chi connectivity index (χ0) is 14.8. The molecule has 1 N–H and O–H groups in total. The fraction of sp³-hybridized carbons (Fsp3) is 0.188. The van der Waals surface area contributed by atoms with Crippen molar-refractivity contribution in [1.82, 2.24) is 4.98 Å². The van der Waals surface area contributed by atoms with Crippen LogP contribution >= 0.6 is 0 Å². The van der Waals surface area contributed by atoms with Gasteiger partial charge in [0.15, 0.2) is 0 Å². The largest absolute Gasteiger partial charge is 0.481 e. The maximum absolute atomic E-state index is 11.5. The van der Waals surface area contributed by atoms with Gasteiger partial charge in [0.25, 0.3) is 0 Å². The molecule has 21 heavy (non-hydrogen) atoms. The van der Waals surface area contributed by atoms with Crippen LogP contribution in [0.2, 0.25) is 0 Å². The van der Waals surface area contributed by atoms with Crippen LogP contribution in [0.3, 0.4) is 0 Å². The van der Waals surface area contributed by atoms with E-state index in [1.54, 1.807) is 18.3 Å². The second-order valence-corrected chi connectivity index (χ2v) is 4.96. The SMILES string of the molecule is N#Cc1cccnc1N1Cc2ccccc2C(C(=O)O)C1. The Kier molecular flexibility index (Phi) is 3.28. The van der Waals surface area contributed by atoms with E-state index in [1.807, 2.05) is 29.2 Å². The first kappa shape index (κ1) is 13.1. The average Bonchev–Trinajstić information content (AvgIpc) is 2.53. The molecule has 1 aromatic carbocycles. The molecule has 0 spiro atoms. The number of nitriles is 1. The molecule has 1 unspecified atom stereocenters. The summed E-state index contributed by atoms with van der Waals surface area (Å²) < 4.78 is 0. The van der Waals surface area contributed by atoms with E-state index in [2.05, 4.69) is 11.1 Å². The summed E-state index contributed by atoms with van der Waals surface area (Å²) in [6, 6.07) is 13.0. The van der Waals surface area contributed by atoms with Gasteiger partial charge >= 0.3 is 5.97 Å². The molecular weight excluding hydrogens is 266 g/mol. The standard InChI is InChI=1S/C16H13N3O2/c17-8-11-5-3-7-18-15(11)19-9-12-4-1-2-6-13(12)14(10-19)16(20)21/h1-7,14H,9-10H2,(H,20,21). The molecule has 3 rings (SSSR count). The summed E-state index contributed by atoms with van der Waals surface area (Å²) in [7, 11) is 0. The summed E-state index contributed by atoms with van der Waals surface area (Å²) in [4.78, 5) is 17.6. The molecular formula is C16H13N3O2. The molecule has 0 saturated heterocycles. The molecule has 0 amide bonds. The van der Waals surface area contributed by atoms with Crippen LogP contribution in [0.25, 0.3) is 0 Å². The molecule has 0 aliphatic carbocycles. The van der Waals surface area contributed by atoms with Crippen molar-refractivity contribution >= 4 is 11.8 Å². The number of carbonyl (C=O) groups is 1. The van der Waals surface area contributed by atoms with E-state index in [1.165, 1.54) is 0 Å². The highest BCUT2D eigenvalue weighted by molar-refractivity contribution is 5.78. The van der Waals surface area contributed by atoms with Crippen LogP contribution in [0.5, 0.6) is 0 Å². The lowest BCUT2D eigenvalue weighted by molar-refractivity contribution is -0.138. The van der Waals surface area contributed by atoms with Crippen molar-refractivity contribution < 1.29 is 9.90 Å². The number of anilines is 1. The Balaban J connectivity index is 2.05. The Morgan fingerprint density at radius 1 is 1.33 bits per heavy atom. The van der Waals surface area contributed by atoms with E-state index in [0.29, 0.717) is 24.5 Å². The lowest BCUT2D eigenvalue weighted by atomic mass is 9.89. The van der Waals surface area contributed by atoms with Crippen molar-refractivity contribution in [3.05, 3.63) is 59.3 Å². The predicted molar refractivity (Wildman–Crippen MR) is 76.8 cm³/mol. The monoisotopic (exact) mass is 279 g/mol. The normalized spacial score (nSPS) is 16.9. The number of hydrogen-bond donors (Lipinski definition) is 1. The number of carboxylic acids is 1. The molecule has 1 atom stereocenters. The highest BCUT2D eigenvalue weighted by atomic mass is 16.4. The first-order chi connectivity index (χ1) is 10.2. The number of benzene rings is 1. The van der Waals surface area contributed by atoms with Gasteiger partial charge in [0.05, 0.1) is 11.5 Å². The fourth-order valence-electron chi connectivity index (χ4n) is 2.72. The average molecular weight is 279 g/mol. The van der Waals surface area contributed by atoms with Crippen LogP contribution in [-0.2, 0) is 11.3 Å². The van der Waals surface area contributed by atoms with Crippen LogP contribution in [0.1, 0.15) is 22.6 Å². The number of carboxylic acid groups (broad SMARTS) is 1. The van der Waals surface area contributed by atoms with Gasteiger partial charge in [0, 0.05) is 19.3 Å². The highest BCUT2D eigenvalue weighted by Gasteiger charge is 2.31. The molecule has 0 fully saturated rings. The van der Waals surface area contributed by atoms with Crippen LogP contribution in [0, 0.1) is 11.3 Å². The Hall–Kier alpha value is -2.87. The third-order valence-corrected chi connectivity index (χ3v) is 3.70. The minimum Gasteiger partial charge on any atom is -0.481 e. The molecule has 1 aliphatic heterocycles. The minimum atomic E-state index is -0.860. The number of aromatic nitrogens is 1. The second kappa shape index (κ2) is 5.25. The van der Waals surface area contributed by atoms with Gasteiger partial charge < -0.3 is 10.0 Å². The van der Waals surface area contributed by atoms with Crippen molar-refractivity contribution in [2.45, 2.75) is 12.5 Å². The lowest BCUT2D eigenvalue weighted by Crippen LogP contribution is -2.37. The summed E-state index contributed by atoms with van der Waals surface area (Å²) in [6.45, 7) is 0.879. The first-order valence-electron chi connectivity index (χ1n) is 6.61. The molecule has 2 heterocycles. The summed E-state index contributed by atoms with van der Waals surface area (Å²) in [5, 5.41) is 18.7. The maximum Gasteiger partial charge on any atom is 0.312 e. The van der Waals surface area contributed by atoms with Crippen LogP contribution in [0.15, 0.2) is 42.6 Å². The Labute approximate surface area is 122 Å². The summed E-state index contributed by atoms with van der Waals surface area (Å²) >= 11 is 0. The summed E-state index contributed by atoms with van der Waals surface area (Å²) in [6.07, 6.45) is 1.62. The van der Waals surface area contributed by atoms with Crippen molar-refractivity contribution in [2.24, 2.45) is 0 Å². The van der Waals surface area contributed by atoms with Gasteiger partial charge in [-0.05, 0) is 23.3 Å². The van der Waals surface area contributed by atoms with E-state index in [-0.39, 0.29) is 0 Å². The third kappa shape index (κ3) is 2.32. The maximum atomic E-state index is 11.5. The third-order valence-electron chi connectivity index (χ3n) is 3.70. The van der Waals surface area contributed by atoms with Gasteiger partial charge in [-0.1, -0.05) is 24.3 Å². The summed E-state index contributed by atoms with van der Waals surface area (Å²) in [5.74, 6) is -0.925. The topological polar surface area (TPSA) is 77.2 Å². The van der Waals surface area contributed by atoms with Gasteiger partial charge in [0.2, 0.25) is 0 Å². The first-order valence-corrected chi connectivity index (χ1v) is 6.61. The van der Waals surface area contributed by atoms with Gasteiger partial charge in [-0.3, -0.25) is 4.79 Å². The van der Waals surface area contributed by atoms with Gasteiger partial charge in [-0.25, -0.2) is 4.98 Å². The number of nitrogens with zero attached hydrogens (tertiary/aromatic N) is 3. The molecule has 1 aromatic heterocycles. The van der Waals surface area contributed by atoms with E-state index >= 15 is 0 Å². The number of pyridine rings is 1. The molecule has 5 nitrogen and oxygen atoms in total. The summed E-state index contributed by atoms with van der Waals surface area (Å²) in [5.41, 5.74) is 2.27. The van der Waals surface area contributed by atoms with Gasteiger partial charge in [-0.15, -0.1) is 0 Å². The smallest absolute Gasteiger partial charge is 0.312 e. The number of aliphatic carboxylic acids is 1. The quantitative estimate of drug-likeness (QED) is 0.911. The minimum absolute atomic E-state index is 0.317. The van der Waals surface area contributed by atoms with Crippen molar-refractivity contribution in [3.8, 4) is 6.07 Å².